The van der Waals surface area contributed by atoms with Gasteiger partial charge in [-0.15, -0.1) is 10.2 Å². The van der Waals surface area contributed by atoms with Crippen LogP contribution in [-0.2, 0) is 0 Å². The Balaban J connectivity index is 1.46. The number of para-hydroxylation sites is 2. The van der Waals surface area contributed by atoms with Crippen molar-refractivity contribution in [1.82, 2.24) is 15.2 Å². The highest BCUT2D eigenvalue weighted by Gasteiger charge is 2.29. The number of aryl methyl sites for hydroxylation is 1. The van der Waals surface area contributed by atoms with E-state index in [1.165, 1.54) is 6.92 Å². The van der Waals surface area contributed by atoms with Crippen LogP contribution in [-0.4, -0.2) is 38.6 Å². The lowest BCUT2D eigenvalue weighted by molar-refractivity contribution is 0.0686. The number of hydrogen-bond acceptors (Lipinski definition) is 8. The van der Waals surface area contributed by atoms with Gasteiger partial charge in [0.25, 0.3) is 11.1 Å². The summed E-state index contributed by atoms with van der Waals surface area (Å²) in [5.41, 5.74) is 2.34. The zero-order valence-electron chi connectivity index (χ0n) is 17.0. The van der Waals surface area contributed by atoms with Crippen molar-refractivity contribution >= 4 is 23.3 Å². The van der Waals surface area contributed by atoms with Crippen LogP contribution in [0, 0.1) is 13.8 Å². The Hall–Kier alpha value is -3.07. The number of H-pyrrole nitrogens is 1. The number of Topliss-reactive ketones (excluding diaryl/α,β-unsaturated/α-hetero) is 2. The Morgan fingerprint density at radius 3 is 2.63 bits per heavy atom. The molecule has 0 saturated heterocycles. The molecule has 4 rings (SSSR count). The lowest BCUT2D eigenvalue weighted by Crippen LogP contribution is -2.21. The van der Waals surface area contributed by atoms with Gasteiger partial charge in [-0.25, -0.2) is 0 Å². The van der Waals surface area contributed by atoms with Gasteiger partial charge in [-0.3, -0.25) is 9.59 Å². The first kappa shape index (κ1) is 20.2. The van der Waals surface area contributed by atoms with Crippen molar-refractivity contribution in [3.63, 3.8) is 0 Å². The van der Waals surface area contributed by atoms with E-state index in [9.17, 15) is 9.59 Å². The van der Waals surface area contributed by atoms with Crippen molar-refractivity contribution in [3.8, 4) is 11.5 Å². The van der Waals surface area contributed by atoms with Crippen LogP contribution in [0.1, 0.15) is 57.9 Å². The lowest BCUT2D eigenvalue weighted by Gasteiger charge is -2.23. The van der Waals surface area contributed by atoms with Crippen LogP contribution < -0.4 is 9.47 Å². The highest BCUT2D eigenvalue weighted by atomic mass is 32.2. The number of aromatic amines is 1. The number of aromatic nitrogens is 3. The number of hydrogen-bond donors (Lipinski definition) is 1. The molecule has 156 valence electrons. The zero-order chi connectivity index (χ0) is 21.4. The fourth-order valence-electron chi connectivity index (χ4n) is 3.47. The molecular weight excluding hydrogens is 406 g/mol. The van der Waals surface area contributed by atoms with Gasteiger partial charge in [-0.1, -0.05) is 23.9 Å². The minimum absolute atomic E-state index is 0.0709. The van der Waals surface area contributed by atoms with E-state index < -0.39 is 11.4 Å². The summed E-state index contributed by atoms with van der Waals surface area (Å²) in [7, 11) is 0. The van der Waals surface area contributed by atoms with Crippen molar-refractivity contribution in [3.05, 3.63) is 52.7 Å². The Kier molecular flexibility index (Phi) is 5.38. The van der Waals surface area contributed by atoms with E-state index in [1.807, 2.05) is 24.3 Å². The number of carbonyl (C=O) groups excluding carboxylic acids is 2. The number of ketones is 2. The minimum atomic E-state index is -0.515. The van der Waals surface area contributed by atoms with Crippen LogP contribution in [0.25, 0.3) is 0 Å². The van der Waals surface area contributed by atoms with Gasteiger partial charge in [0.15, 0.2) is 23.1 Å². The van der Waals surface area contributed by atoms with Crippen LogP contribution in [0.2, 0.25) is 0 Å². The Bertz CT molecular complexity index is 1120. The third-order valence-electron chi connectivity index (χ3n) is 4.89. The predicted molar refractivity (Wildman–Crippen MR) is 110 cm³/mol. The summed E-state index contributed by atoms with van der Waals surface area (Å²) in [6.45, 7) is 7.06. The topological polar surface area (TPSA) is 107 Å². The van der Waals surface area contributed by atoms with Gasteiger partial charge >= 0.3 is 0 Å². The maximum absolute atomic E-state index is 12.9. The second-order valence-electron chi connectivity index (χ2n) is 7.08. The van der Waals surface area contributed by atoms with Crippen molar-refractivity contribution < 1.29 is 23.5 Å². The largest absolute Gasteiger partial charge is 0.485 e. The monoisotopic (exact) mass is 427 g/mol. The summed E-state index contributed by atoms with van der Waals surface area (Å²) in [6.07, 6.45) is -0.515. The highest BCUT2D eigenvalue weighted by Crippen LogP contribution is 2.36. The first-order chi connectivity index (χ1) is 14.3. The first-order valence-corrected chi connectivity index (χ1v) is 10.4. The van der Waals surface area contributed by atoms with E-state index in [0.29, 0.717) is 34.0 Å². The van der Waals surface area contributed by atoms with Gasteiger partial charge in [0.1, 0.15) is 6.61 Å². The smallest absolute Gasteiger partial charge is 0.277 e. The average molecular weight is 427 g/mol. The number of carbonyl (C=O) groups is 2. The second-order valence-corrected chi connectivity index (χ2v) is 8.37. The van der Waals surface area contributed by atoms with Crippen LogP contribution in [0.4, 0.5) is 0 Å². The van der Waals surface area contributed by atoms with Crippen LogP contribution in [0.3, 0.4) is 0 Å². The van der Waals surface area contributed by atoms with Gasteiger partial charge in [-0.05, 0) is 45.4 Å². The van der Waals surface area contributed by atoms with E-state index in [2.05, 4.69) is 15.2 Å². The van der Waals surface area contributed by atoms with Crippen molar-refractivity contribution in [2.75, 3.05) is 6.61 Å². The quantitative estimate of drug-likeness (QED) is 0.463. The summed E-state index contributed by atoms with van der Waals surface area (Å²) in [5.74, 6) is 1.36. The average Bonchev–Trinajstić information content (AvgIpc) is 3.30. The normalized spacial score (nSPS) is 16.3. The standard InChI is InChI=1S/C21H21N3O5S/c1-10-17(12(3)25)11(2)22-18(10)19(26)13(4)30-21-24-23-20(29-21)16-9-27-14-7-5-6-8-15(14)28-16/h5-8,13,16,22H,9H2,1-4H3/t13-,16-/m0/s1. The fraction of sp³-hybridized carbons (Fsp3) is 0.333. The molecule has 30 heavy (non-hydrogen) atoms. The van der Waals surface area contributed by atoms with E-state index >= 15 is 0 Å². The van der Waals surface area contributed by atoms with Crippen LogP contribution in [0.15, 0.2) is 33.9 Å². The number of nitrogens with zero attached hydrogens (tertiary/aromatic N) is 2. The molecule has 0 aliphatic carbocycles. The SMILES string of the molecule is CC(=O)c1c(C)[nH]c(C(=O)[C@H](C)Sc2nnc([C@@H]3COc4ccccc4O3)o2)c1C. The molecule has 3 aromatic rings. The molecule has 0 fully saturated rings. The van der Waals surface area contributed by atoms with E-state index in [4.69, 9.17) is 13.9 Å². The van der Waals surface area contributed by atoms with Crippen molar-refractivity contribution in [2.45, 2.75) is 44.3 Å². The molecule has 0 unspecified atom stereocenters. The summed E-state index contributed by atoms with van der Waals surface area (Å²) in [5, 5.41) is 7.86. The first-order valence-electron chi connectivity index (χ1n) is 9.48. The Morgan fingerprint density at radius 1 is 1.20 bits per heavy atom. The molecule has 0 amide bonds. The molecule has 0 saturated carbocycles. The van der Waals surface area contributed by atoms with Crippen LogP contribution in [0.5, 0.6) is 11.5 Å². The van der Waals surface area contributed by atoms with Gasteiger partial charge in [0.05, 0.1) is 10.9 Å². The summed E-state index contributed by atoms with van der Waals surface area (Å²) >= 11 is 1.16. The number of benzene rings is 1. The molecule has 1 aliphatic heterocycles. The number of thioether (sulfide) groups is 1. The molecule has 1 aliphatic rings. The number of ether oxygens (including phenoxy) is 2. The Morgan fingerprint density at radius 2 is 1.93 bits per heavy atom. The number of rotatable bonds is 6. The molecule has 2 atom stereocenters. The van der Waals surface area contributed by atoms with E-state index in [0.717, 1.165) is 11.8 Å². The molecule has 9 heteroatoms. The molecule has 3 heterocycles. The maximum atomic E-state index is 12.9. The van der Waals surface area contributed by atoms with E-state index in [1.54, 1.807) is 20.8 Å². The summed E-state index contributed by atoms with van der Waals surface area (Å²) in [4.78, 5) is 27.8. The molecule has 2 aromatic heterocycles. The number of fused-ring (bicyclic) bond motifs is 1. The zero-order valence-corrected chi connectivity index (χ0v) is 17.8. The van der Waals surface area contributed by atoms with Crippen LogP contribution >= 0.6 is 11.8 Å². The molecule has 0 spiro atoms. The highest BCUT2D eigenvalue weighted by molar-refractivity contribution is 8.00. The van der Waals surface area contributed by atoms with Gasteiger partial charge in [-0.2, -0.15) is 0 Å². The minimum Gasteiger partial charge on any atom is -0.485 e. The maximum Gasteiger partial charge on any atom is 0.277 e. The molecule has 1 N–H and O–H groups in total. The number of nitrogens with one attached hydrogen (secondary N) is 1. The van der Waals surface area contributed by atoms with Gasteiger partial charge in [0, 0.05) is 11.3 Å². The third kappa shape index (κ3) is 3.72. The molecule has 8 nitrogen and oxygen atoms in total. The summed E-state index contributed by atoms with van der Waals surface area (Å²) < 4.78 is 17.3. The molecule has 0 radical (unpaired) electrons. The molecule has 1 aromatic carbocycles. The molecular formula is C21H21N3O5S. The van der Waals surface area contributed by atoms with Gasteiger partial charge < -0.3 is 18.9 Å². The second kappa shape index (κ2) is 7.98. The van der Waals surface area contributed by atoms with Crippen molar-refractivity contribution in [1.29, 1.82) is 0 Å². The van der Waals surface area contributed by atoms with E-state index in [-0.39, 0.29) is 29.3 Å². The Labute approximate surface area is 177 Å². The lowest BCUT2D eigenvalue weighted by atomic mass is 10.0. The summed E-state index contributed by atoms with van der Waals surface area (Å²) in [6, 6.07) is 7.36. The fourth-order valence-corrected chi connectivity index (χ4v) is 4.22. The van der Waals surface area contributed by atoms with Gasteiger partial charge in [0.2, 0.25) is 6.10 Å². The third-order valence-corrected chi connectivity index (χ3v) is 5.82. The molecule has 0 bridgehead atoms. The van der Waals surface area contributed by atoms with Crippen molar-refractivity contribution in [2.24, 2.45) is 0 Å². The predicted octanol–water partition coefficient (Wildman–Crippen LogP) is 4.09.